The summed E-state index contributed by atoms with van der Waals surface area (Å²) in [6.07, 6.45) is 2.01. The number of anilines is 2. The van der Waals surface area contributed by atoms with Gasteiger partial charge in [0.25, 0.3) is 0 Å². The van der Waals surface area contributed by atoms with E-state index >= 15 is 0 Å². The van der Waals surface area contributed by atoms with Gasteiger partial charge in [-0.2, -0.15) is 0 Å². The monoisotopic (exact) mass is 277 g/mol. The van der Waals surface area contributed by atoms with E-state index in [1.807, 2.05) is 7.05 Å². The number of aryl methyl sites for hydroxylation is 1. The standard InChI is InChI=1S/C15H27N5/c1-6-7-13-17-14(16-3)8-15(18-13)20-9-11(2)12(10-20)19(4)5/h8,11-12H,6-7,9-10H2,1-5H3,(H,16,17,18). The van der Waals surface area contributed by atoms with Crippen LogP contribution in [0.4, 0.5) is 11.6 Å². The number of hydrogen-bond donors (Lipinski definition) is 1. The molecule has 2 heterocycles. The zero-order valence-corrected chi connectivity index (χ0v) is 13.3. The number of aromatic nitrogens is 2. The molecular weight excluding hydrogens is 250 g/mol. The van der Waals surface area contributed by atoms with Crippen LogP contribution in [-0.2, 0) is 6.42 Å². The number of nitrogens with one attached hydrogen (secondary N) is 1. The first-order valence-corrected chi connectivity index (χ1v) is 7.52. The molecule has 1 saturated heterocycles. The van der Waals surface area contributed by atoms with E-state index in [0.717, 1.165) is 43.4 Å². The van der Waals surface area contributed by atoms with Crippen LogP contribution in [0.25, 0.3) is 0 Å². The van der Waals surface area contributed by atoms with Gasteiger partial charge in [0.1, 0.15) is 17.5 Å². The fraction of sp³-hybridized carbons (Fsp3) is 0.733. The first-order chi connectivity index (χ1) is 9.55. The van der Waals surface area contributed by atoms with Crippen LogP contribution in [0.15, 0.2) is 6.07 Å². The van der Waals surface area contributed by atoms with Crippen LogP contribution in [0.1, 0.15) is 26.1 Å². The Bertz CT molecular complexity index is 446. The summed E-state index contributed by atoms with van der Waals surface area (Å²) in [5.41, 5.74) is 0. The molecule has 2 unspecified atom stereocenters. The fourth-order valence-corrected chi connectivity index (χ4v) is 2.92. The lowest BCUT2D eigenvalue weighted by Gasteiger charge is -2.23. The van der Waals surface area contributed by atoms with Gasteiger partial charge in [0, 0.05) is 38.7 Å². The van der Waals surface area contributed by atoms with Crippen LogP contribution in [0, 0.1) is 5.92 Å². The topological polar surface area (TPSA) is 44.3 Å². The molecule has 20 heavy (non-hydrogen) atoms. The Morgan fingerprint density at radius 2 is 2.10 bits per heavy atom. The summed E-state index contributed by atoms with van der Waals surface area (Å²) in [7, 11) is 6.23. The highest BCUT2D eigenvalue weighted by Crippen LogP contribution is 2.26. The second-order valence-corrected chi connectivity index (χ2v) is 5.94. The summed E-state index contributed by atoms with van der Waals surface area (Å²) in [6.45, 7) is 6.58. The van der Waals surface area contributed by atoms with E-state index in [9.17, 15) is 0 Å². The minimum absolute atomic E-state index is 0.595. The molecule has 5 nitrogen and oxygen atoms in total. The maximum atomic E-state index is 4.74. The highest BCUT2D eigenvalue weighted by molar-refractivity contribution is 5.50. The summed E-state index contributed by atoms with van der Waals surface area (Å²) in [5.74, 6) is 3.58. The van der Waals surface area contributed by atoms with Gasteiger partial charge in [-0.05, 0) is 26.4 Å². The van der Waals surface area contributed by atoms with Gasteiger partial charge in [0.2, 0.25) is 0 Å². The van der Waals surface area contributed by atoms with Crippen LogP contribution in [0.5, 0.6) is 0 Å². The molecule has 0 aromatic carbocycles. The summed E-state index contributed by atoms with van der Waals surface area (Å²) >= 11 is 0. The first-order valence-electron chi connectivity index (χ1n) is 7.52. The molecule has 1 fully saturated rings. The zero-order chi connectivity index (χ0) is 14.7. The predicted molar refractivity (Wildman–Crippen MR) is 84.4 cm³/mol. The molecule has 112 valence electrons. The molecule has 0 radical (unpaired) electrons. The number of nitrogens with zero attached hydrogens (tertiary/aromatic N) is 4. The zero-order valence-electron chi connectivity index (χ0n) is 13.3. The minimum Gasteiger partial charge on any atom is -0.373 e. The molecule has 1 aliphatic heterocycles. The van der Waals surface area contributed by atoms with Gasteiger partial charge in [0.05, 0.1) is 0 Å². The number of likely N-dealkylation sites (N-methyl/N-ethyl adjacent to an activating group) is 1. The fourth-order valence-electron chi connectivity index (χ4n) is 2.92. The van der Waals surface area contributed by atoms with Crippen molar-refractivity contribution in [1.82, 2.24) is 14.9 Å². The van der Waals surface area contributed by atoms with Crippen molar-refractivity contribution >= 4 is 11.6 Å². The molecule has 0 aliphatic carbocycles. The van der Waals surface area contributed by atoms with Crippen molar-refractivity contribution < 1.29 is 0 Å². The lowest BCUT2D eigenvalue weighted by molar-refractivity contribution is 0.266. The van der Waals surface area contributed by atoms with Gasteiger partial charge in [0.15, 0.2) is 0 Å². The van der Waals surface area contributed by atoms with Gasteiger partial charge >= 0.3 is 0 Å². The van der Waals surface area contributed by atoms with Crippen molar-refractivity contribution in [3.05, 3.63) is 11.9 Å². The van der Waals surface area contributed by atoms with Crippen LogP contribution >= 0.6 is 0 Å². The third-order valence-corrected chi connectivity index (χ3v) is 4.05. The summed E-state index contributed by atoms with van der Waals surface area (Å²) in [4.78, 5) is 14.0. The Morgan fingerprint density at radius 3 is 2.65 bits per heavy atom. The summed E-state index contributed by atoms with van der Waals surface area (Å²) < 4.78 is 0. The summed E-state index contributed by atoms with van der Waals surface area (Å²) in [6, 6.07) is 2.65. The lowest BCUT2D eigenvalue weighted by Crippen LogP contribution is -2.34. The van der Waals surface area contributed by atoms with E-state index in [-0.39, 0.29) is 0 Å². The lowest BCUT2D eigenvalue weighted by atomic mass is 10.1. The van der Waals surface area contributed by atoms with Gasteiger partial charge in [-0.3, -0.25) is 0 Å². The van der Waals surface area contributed by atoms with E-state index < -0.39 is 0 Å². The van der Waals surface area contributed by atoms with Crippen molar-refractivity contribution in [2.75, 3.05) is 44.4 Å². The smallest absolute Gasteiger partial charge is 0.134 e. The maximum absolute atomic E-state index is 4.74. The predicted octanol–water partition coefficient (Wildman–Crippen LogP) is 1.86. The van der Waals surface area contributed by atoms with E-state index in [0.29, 0.717) is 12.0 Å². The Labute approximate surface area is 122 Å². The van der Waals surface area contributed by atoms with Crippen molar-refractivity contribution in [1.29, 1.82) is 0 Å². The molecule has 1 aromatic rings. The molecule has 1 aromatic heterocycles. The maximum Gasteiger partial charge on any atom is 0.134 e. The van der Waals surface area contributed by atoms with Crippen LogP contribution in [0.2, 0.25) is 0 Å². The molecule has 1 aliphatic rings. The van der Waals surface area contributed by atoms with E-state index in [2.05, 4.69) is 54.1 Å². The van der Waals surface area contributed by atoms with Crippen LogP contribution in [-0.4, -0.2) is 55.1 Å². The molecular formula is C15H27N5. The average molecular weight is 277 g/mol. The molecule has 0 spiro atoms. The van der Waals surface area contributed by atoms with Crippen molar-refractivity contribution in [2.24, 2.45) is 5.92 Å². The molecule has 1 N–H and O–H groups in total. The van der Waals surface area contributed by atoms with Crippen LogP contribution < -0.4 is 10.2 Å². The van der Waals surface area contributed by atoms with Crippen molar-refractivity contribution in [3.63, 3.8) is 0 Å². The summed E-state index contributed by atoms with van der Waals surface area (Å²) in [5, 5.41) is 3.15. The van der Waals surface area contributed by atoms with E-state index in [1.165, 1.54) is 0 Å². The molecule has 0 bridgehead atoms. The third kappa shape index (κ3) is 3.20. The Morgan fingerprint density at radius 1 is 1.35 bits per heavy atom. The molecule has 2 atom stereocenters. The van der Waals surface area contributed by atoms with Gasteiger partial charge in [-0.15, -0.1) is 0 Å². The van der Waals surface area contributed by atoms with Gasteiger partial charge in [-0.1, -0.05) is 13.8 Å². The Hall–Kier alpha value is -1.36. The van der Waals surface area contributed by atoms with Gasteiger partial charge < -0.3 is 15.1 Å². The van der Waals surface area contributed by atoms with Gasteiger partial charge in [-0.25, -0.2) is 9.97 Å². The Balaban J connectivity index is 2.22. The first kappa shape index (κ1) is 15.0. The van der Waals surface area contributed by atoms with E-state index in [4.69, 9.17) is 4.98 Å². The molecule has 0 saturated carbocycles. The highest BCUT2D eigenvalue weighted by atomic mass is 15.3. The minimum atomic E-state index is 0.595. The largest absolute Gasteiger partial charge is 0.373 e. The average Bonchev–Trinajstić information content (AvgIpc) is 2.81. The normalized spacial score (nSPS) is 22.6. The van der Waals surface area contributed by atoms with E-state index in [1.54, 1.807) is 0 Å². The molecule has 0 amide bonds. The molecule has 5 heteroatoms. The quantitative estimate of drug-likeness (QED) is 0.890. The molecule has 2 rings (SSSR count). The van der Waals surface area contributed by atoms with Crippen molar-refractivity contribution in [2.45, 2.75) is 32.7 Å². The SMILES string of the molecule is CCCc1nc(NC)cc(N2CC(C)C(N(C)C)C2)n1. The highest BCUT2D eigenvalue weighted by Gasteiger charge is 2.31. The second kappa shape index (κ2) is 6.39. The number of rotatable bonds is 5. The van der Waals surface area contributed by atoms with Crippen LogP contribution in [0.3, 0.4) is 0 Å². The second-order valence-electron chi connectivity index (χ2n) is 5.94. The Kier molecular flexibility index (Phi) is 4.81. The number of hydrogen-bond acceptors (Lipinski definition) is 5. The third-order valence-electron chi connectivity index (χ3n) is 4.05. The van der Waals surface area contributed by atoms with Crippen molar-refractivity contribution in [3.8, 4) is 0 Å².